The number of aromatic carboxylic acids is 1. The van der Waals surface area contributed by atoms with E-state index in [1.165, 1.54) is 12.1 Å². The van der Waals surface area contributed by atoms with Crippen LogP contribution in [0.25, 0.3) is 0 Å². The first-order valence-corrected chi connectivity index (χ1v) is 7.00. The van der Waals surface area contributed by atoms with E-state index in [1.807, 2.05) is 13.0 Å². The number of aryl methyl sites for hydroxylation is 2. The molecule has 112 valence electrons. The standard InChI is InChI=1S/C14H13Cl2NO4/c1-8-5-10(21-17-8)3-2-4-20-13-11(15)6-9(14(18)19)7-12(13)16/h5-7H,2-4H2,1H3,(H,18,19). The molecule has 0 bridgehead atoms. The molecule has 0 amide bonds. The molecule has 0 saturated heterocycles. The fraction of sp³-hybridized carbons (Fsp3) is 0.286. The fourth-order valence-electron chi connectivity index (χ4n) is 1.78. The van der Waals surface area contributed by atoms with Crippen LogP contribution in [0.4, 0.5) is 0 Å². The third-order valence-electron chi connectivity index (χ3n) is 2.74. The quantitative estimate of drug-likeness (QED) is 0.811. The Morgan fingerprint density at radius 2 is 2.00 bits per heavy atom. The van der Waals surface area contributed by atoms with Crippen molar-refractivity contribution in [2.75, 3.05) is 6.61 Å². The molecule has 2 rings (SSSR count). The van der Waals surface area contributed by atoms with E-state index in [2.05, 4.69) is 5.16 Å². The van der Waals surface area contributed by atoms with Crippen LogP contribution in [0.2, 0.25) is 10.0 Å². The monoisotopic (exact) mass is 329 g/mol. The zero-order valence-electron chi connectivity index (χ0n) is 11.2. The zero-order chi connectivity index (χ0) is 15.4. The Morgan fingerprint density at radius 3 is 2.52 bits per heavy atom. The molecular formula is C14H13Cl2NO4. The van der Waals surface area contributed by atoms with E-state index in [-0.39, 0.29) is 21.4 Å². The maximum Gasteiger partial charge on any atom is 0.335 e. The molecule has 7 heteroatoms. The average molecular weight is 330 g/mol. The van der Waals surface area contributed by atoms with Crippen LogP contribution >= 0.6 is 23.2 Å². The Balaban J connectivity index is 1.92. The summed E-state index contributed by atoms with van der Waals surface area (Å²) < 4.78 is 10.6. The van der Waals surface area contributed by atoms with Gasteiger partial charge in [0, 0.05) is 12.5 Å². The Labute approximate surface area is 131 Å². The first-order chi connectivity index (χ1) is 9.97. The molecule has 0 aliphatic carbocycles. The first kappa shape index (κ1) is 15.7. The normalized spacial score (nSPS) is 10.6. The first-order valence-electron chi connectivity index (χ1n) is 6.24. The summed E-state index contributed by atoms with van der Waals surface area (Å²) in [5.41, 5.74) is 0.857. The molecule has 1 aromatic carbocycles. The Bertz CT molecular complexity index is 631. The van der Waals surface area contributed by atoms with Crippen LogP contribution in [-0.2, 0) is 6.42 Å². The molecule has 0 aliphatic heterocycles. The van der Waals surface area contributed by atoms with Gasteiger partial charge in [-0.1, -0.05) is 28.4 Å². The van der Waals surface area contributed by atoms with Gasteiger partial charge in [0.05, 0.1) is 27.9 Å². The minimum atomic E-state index is -1.09. The summed E-state index contributed by atoms with van der Waals surface area (Å²) in [6, 6.07) is 4.48. The number of carboxylic acid groups (broad SMARTS) is 1. The van der Waals surface area contributed by atoms with E-state index >= 15 is 0 Å². The average Bonchev–Trinajstić information content (AvgIpc) is 2.82. The predicted molar refractivity (Wildman–Crippen MR) is 78.5 cm³/mol. The van der Waals surface area contributed by atoms with Crippen molar-refractivity contribution < 1.29 is 19.2 Å². The van der Waals surface area contributed by atoms with Crippen LogP contribution in [0.3, 0.4) is 0 Å². The number of benzene rings is 1. The van der Waals surface area contributed by atoms with E-state index in [0.717, 1.165) is 11.5 Å². The minimum Gasteiger partial charge on any atom is -0.490 e. The largest absolute Gasteiger partial charge is 0.490 e. The zero-order valence-corrected chi connectivity index (χ0v) is 12.7. The topological polar surface area (TPSA) is 72.6 Å². The van der Waals surface area contributed by atoms with Crippen molar-refractivity contribution >= 4 is 29.2 Å². The number of carboxylic acids is 1. The minimum absolute atomic E-state index is 0.0227. The van der Waals surface area contributed by atoms with Crippen LogP contribution in [0.5, 0.6) is 5.75 Å². The van der Waals surface area contributed by atoms with Crippen molar-refractivity contribution in [3.8, 4) is 5.75 Å². The summed E-state index contributed by atoms with van der Waals surface area (Å²) in [4.78, 5) is 10.9. The molecular weight excluding hydrogens is 317 g/mol. The number of aromatic nitrogens is 1. The van der Waals surface area contributed by atoms with Gasteiger partial charge in [-0.15, -0.1) is 0 Å². The highest BCUT2D eigenvalue weighted by atomic mass is 35.5. The Morgan fingerprint density at radius 1 is 1.33 bits per heavy atom. The van der Waals surface area contributed by atoms with Crippen LogP contribution in [0.1, 0.15) is 28.2 Å². The summed E-state index contributed by atoms with van der Waals surface area (Å²) in [5.74, 6) is -0.0161. The second-order valence-corrected chi connectivity index (χ2v) is 5.28. The number of rotatable bonds is 6. The molecule has 0 spiro atoms. The van der Waals surface area contributed by atoms with E-state index in [0.29, 0.717) is 19.4 Å². The summed E-state index contributed by atoms with van der Waals surface area (Å²) in [7, 11) is 0. The predicted octanol–water partition coefficient (Wildman–Crippen LogP) is 4.00. The lowest BCUT2D eigenvalue weighted by atomic mass is 10.2. The maximum atomic E-state index is 10.9. The molecule has 1 N–H and O–H groups in total. The van der Waals surface area contributed by atoms with Crippen molar-refractivity contribution in [2.45, 2.75) is 19.8 Å². The van der Waals surface area contributed by atoms with E-state index < -0.39 is 5.97 Å². The van der Waals surface area contributed by atoms with Gasteiger partial charge in [0.1, 0.15) is 5.76 Å². The Hall–Kier alpha value is -1.72. The summed E-state index contributed by atoms with van der Waals surface area (Å²) in [6.45, 7) is 2.23. The van der Waals surface area contributed by atoms with Gasteiger partial charge >= 0.3 is 5.97 Å². The number of halogens is 2. The molecule has 21 heavy (non-hydrogen) atoms. The smallest absolute Gasteiger partial charge is 0.335 e. The highest BCUT2D eigenvalue weighted by molar-refractivity contribution is 6.37. The van der Waals surface area contributed by atoms with E-state index in [9.17, 15) is 4.79 Å². The van der Waals surface area contributed by atoms with Crippen LogP contribution in [0, 0.1) is 6.92 Å². The van der Waals surface area contributed by atoms with Gasteiger partial charge in [0.2, 0.25) is 0 Å². The second-order valence-electron chi connectivity index (χ2n) is 4.46. The van der Waals surface area contributed by atoms with Gasteiger partial charge < -0.3 is 14.4 Å². The number of hydrogen-bond acceptors (Lipinski definition) is 4. The van der Waals surface area contributed by atoms with Crippen LogP contribution < -0.4 is 4.74 Å². The molecule has 1 aromatic heterocycles. The lowest BCUT2D eigenvalue weighted by Crippen LogP contribution is -2.02. The molecule has 0 radical (unpaired) electrons. The third-order valence-corrected chi connectivity index (χ3v) is 3.30. The van der Waals surface area contributed by atoms with Gasteiger partial charge in [-0.2, -0.15) is 0 Å². The SMILES string of the molecule is Cc1cc(CCCOc2c(Cl)cc(C(=O)O)cc2Cl)on1. The van der Waals surface area contributed by atoms with Gasteiger partial charge in [0.15, 0.2) is 5.75 Å². The van der Waals surface area contributed by atoms with Gasteiger partial charge in [-0.25, -0.2) is 4.79 Å². The van der Waals surface area contributed by atoms with Crippen LogP contribution in [0.15, 0.2) is 22.7 Å². The number of nitrogens with zero attached hydrogens (tertiary/aromatic N) is 1. The molecule has 5 nitrogen and oxygen atoms in total. The van der Waals surface area contributed by atoms with Crippen molar-refractivity contribution in [2.24, 2.45) is 0 Å². The lowest BCUT2D eigenvalue weighted by Gasteiger charge is -2.10. The Kier molecular flexibility index (Phi) is 5.09. The number of ether oxygens (including phenoxy) is 1. The van der Waals surface area contributed by atoms with Crippen molar-refractivity contribution in [3.05, 3.63) is 45.3 Å². The summed E-state index contributed by atoms with van der Waals surface area (Å²) in [5, 5.41) is 13.0. The molecule has 0 atom stereocenters. The molecule has 1 heterocycles. The van der Waals surface area contributed by atoms with Crippen molar-refractivity contribution in [3.63, 3.8) is 0 Å². The summed E-state index contributed by atoms with van der Waals surface area (Å²) >= 11 is 12.0. The fourth-order valence-corrected chi connectivity index (χ4v) is 2.37. The van der Waals surface area contributed by atoms with Gasteiger partial charge in [-0.3, -0.25) is 0 Å². The number of hydrogen-bond donors (Lipinski definition) is 1. The lowest BCUT2D eigenvalue weighted by molar-refractivity contribution is 0.0697. The molecule has 0 saturated carbocycles. The summed E-state index contributed by atoms with van der Waals surface area (Å²) in [6.07, 6.45) is 1.38. The molecule has 0 fully saturated rings. The van der Waals surface area contributed by atoms with Gasteiger partial charge in [0.25, 0.3) is 0 Å². The highest BCUT2D eigenvalue weighted by Gasteiger charge is 2.13. The second kappa shape index (κ2) is 6.83. The number of carbonyl (C=O) groups is 1. The highest BCUT2D eigenvalue weighted by Crippen LogP contribution is 2.34. The molecule has 0 aliphatic rings. The third kappa shape index (κ3) is 4.12. The van der Waals surface area contributed by atoms with E-state index in [1.54, 1.807) is 0 Å². The van der Waals surface area contributed by atoms with Crippen molar-refractivity contribution in [1.82, 2.24) is 5.16 Å². The maximum absolute atomic E-state index is 10.9. The van der Waals surface area contributed by atoms with Crippen molar-refractivity contribution in [1.29, 1.82) is 0 Å². The van der Waals surface area contributed by atoms with Gasteiger partial charge in [-0.05, 0) is 25.5 Å². The molecule has 0 unspecified atom stereocenters. The molecule has 2 aromatic rings. The van der Waals surface area contributed by atoms with Crippen LogP contribution in [-0.4, -0.2) is 22.8 Å². The van der Waals surface area contributed by atoms with E-state index in [4.69, 9.17) is 37.6 Å².